The first-order valence-corrected chi connectivity index (χ1v) is 11.9. The van der Waals surface area contributed by atoms with Crippen molar-refractivity contribution >= 4 is 44.0 Å². The highest BCUT2D eigenvalue weighted by Crippen LogP contribution is 2.27. The zero-order valence-electron chi connectivity index (χ0n) is 16.2. The van der Waals surface area contributed by atoms with E-state index in [0.717, 1.165) is 16.8 Å². The van der Waals surface area contributed by atoms with Crippen molar-refractivity contribution < 1.29 is 22.8 Å². The fraction of sp³-hybridized carbons (Fsp3) is 0.368. The molecule has 1 unspecified atom stereocenters. The third-order valence-corrected chi connectivity index (χ3v) is 6.30. The molecular formula is C19H21N3O5S2. The third-order valence-electron chi connectivity index (χ3n) is 4.55. The first kappa shape index (κ1) is 21.1. The summed E-state index contributed by atoms with van der Waals surface area (Å²) in [6.07, 6.45) is 0.846. The summed E-state index contributed by atoms with van der Waals surface area (Å²) in [6.45, 7) is 3.93. The van der Waals surface area contributed by atoms with Gasteiger partial charge in [0.2, 0.25) is 5.91 Å². The summed E-state index contributed by atoms with van der Waals surface area (Å²) in [7, 11) is -3.41. The summed E-state index contributed by atoms with van der Waals surface area (Å²) in [5.74, 6) is -2.03. The number of hydrogen-bond donors (Lipinski definition) is 1. The number of aromatic nitrogens is 1. The molecule has 0 radical (unpaired) electrons. The number of anilines is 1. The number of fused-ring (bicyclic) bond motifs is 1. The highest BCUT2D eigenvalue weighted by molar-refractivity contribution is 7.90. The summed E-state index contributed by atoms with van der Waals surface area (Å²) in [5, 5.41) is 4.77. The van der Waals surface area contributed by atoms with Gasteiger partial charge >= 0.3 is 0 Å². The zero-order chi connectivity index (χ0) is 21.3. The van der Waals surface area contributed by atoms with Crippen LogP contribution >= 0.6 is 11.3 Å². The minimum absolute atomic E-state index is 0.175. The van der Waals surface area contributed by atoms with E-state index in [2.05, 4.69) is 10.3 Å². The summed E-state index contributed by atoms with van der Waals surface area (Å²) in [4.78, 5) is 43.7. The number of nitrogens with zero attached hydrogens (tertiary/aromatic N) is 2. The van der Waals surface area contributed by atoms with Gasteiger partial charge in [-0.15, -0.1) is 11.3 Å². The number of hydrogen-bond acceptors (Lipinski definition) is 7. The van der Waals surface area contributed by atoms with Crippen molar-refractivity contribution in [1.82, 2.24) is 9.88 Å². The molecule has 10 heteroatoms. The molecule has 1 atom stereocenters. The van der Waals surface area contributed by atoms with Crippen LogP contribution in [0.3, 0.4) is 0 Å². The monoisotopic (exact) mass is 435 g/mol. The minimum Gasteiger partial charge on any atom is -0.300 e. The second kappa shape index (κ2) is 8.03. The van der Waals surface area contributed by atoms with Crippen LogP contribution in [0.5, 0.6) is 0 Å². The Bertz CT molecular complexity index is 1040. The van der Waals surface area contributed by atoms with Gasteiger partial charge in [-0.2, -0.15) is 0 Å². The van der Waals surface area contributed by atoms with Crippen LogP contribution in [-0.2, 0) is 14.6 Å². The van der Waals surface area contributed by atoms with Gasteiger partial charge in [-0.1, -0.05) is 26.0 Å². The summed E-state index contributed by atoms with van der Waals surface area (Å²) < 4.78 is 23.3. The molecule has 3 amide bonds. The molecule has 8 nitrogen and oxygen atoms in total. The van der Waals surface area contributed by atoms with Gasteiger partial charge in [0, 0.05) is 11.6 Å². The van der Waals surface area contributed by atoms with Crippen LogP contribution in [0.1, 0.15) is 52.6 Å². The van der Waals surface area contributed by atoms with E-state index in [0.29, 0.717) is 5.13 Å². The lowest BCUT2D eigenvalue weighted by atomic mass is 10.1. The van der Waals surface area contributed by atoms with E-state index >= 15 is 0 Å². The Morgan fingerprint density at radius 1 is 1.17 bits per heavy atom. The van der Waals surface area contributed by atoms with E-state index in [4.69, 9.17) is 0 Å². The van der Waals surface area contributed by atoms with Crippen LogP contribution in [0.15, 0.2) is 29.6 Å². The van der Waals surface area contributed by atoms with Crippen molar-refractivity contribution in [2.24, 2.45) is 0 Å². The smallest absolute Gasteiger partial charge is 0.262 e. The topological polar surface area (TPSA) is 114 Å². The maximum absolute atomic E-state index is 13.0. The molecule has 1 N–H and O–H groups in total. The van der Waals surface area contributed by atoms with Crippen molar-refractivity contribution in [3.05, 3.63) is 46.5 Å². The van der Waals surface area contributed by atoms with E-state index in [1.807, 2.05) is 19.2 Å². The summed E-state index contributed by atoms with van der Waals surface area (Å²) in [6, 6.07) is 5.02. The first-order valence-electron chi connectivity index (χ1n) is 8.99. The van der Waals surface area contributed by atoms with E-state index < -0.39 is 33.6 Å². The number of benzene rings is 1. The largest absolute Gasteiger partial charge is 0.300 e. The third kappa shape index (κ3) is 4.54. The molecular weight excluding hydrogens is 414 g/mol. The first-order chi connectivity index (χ1) is 13.6. The zero-order valence-corrected chi connectivity index (χ0v) is 17.8. The fourth-order valence-corrected chi connectivity index (χ4v) is 4.52. The normalized spacial score (nSPS) is 15.0. The molecule has 0 spiro atoms. The Labute approximate surface area is 172 Å². The van der Waals surface area contributed by atoms with Crippen molar-refractivity contribution in [3.63, 3.8) is 0 Å². The lowest BCUT2D eigenvalue weighted by Gasteiger charge is -2.24. The van der Waals surface area contributed by atoms with Crippen LogP contribution in [0.4, 0.5) is 5.13 Å². The number of amides is 3. The predicted octanol–water partition coefficient (Wildman–Crippen LogP) is 2.30. The van der Waals surface area contributed by atoms with Gasteiger partial charge in [-0.25, -0.2) is 13.4 Å². The minimum atomic E-state index is -3.41. The molecule has 1 aromatic carbocycles. The SMILES string of the molecule is CC(C)c1csc(NC(=O)C(CCS(C)(=O)=O)N2C(=O)c3ccccc3C2=O)n1. The molecule has 0 bridgehead atoms. The highest BCUT2D eigenvalue weighted by atomic mass is 32.2. The second-order valence-electron chi connectivity index (χ2n) is 7.18. The van der Waals surface area contributed by atoms with E-state index in [-0.39, 0.29) is 29.2 Å². The number of carbonyl (C=O) groups excluding carboxylic acids is 3. The van der Waals surface area contributed by atoms with Crippen LogP contribution in [-0.4, -0.2) is 54.1 Å². The summed E-state index contributed by atoms with van der Waals surface area (Å²) >= 11 is 1.23. The molecule has 2 heterocycles. The average molecular weight is 436 g/mol. The van der Waals surface area contributed by atoms with Crippen LogP contribution in [0.25, 0.3) is 0 Å². The Balaban J connectivity index is 1.89. The predicted molar refractivity (Wildman–Crippen MR) is 110 cm³/mol. The Morgan fingerprint density at radius 2 is 1.76 bits per heavy atom. The van der Waals surface area contributed by atoms with Crippen molar-refractivity contribution in [3.8, 4) is 0 Å². The Morgan fingerprint density at radius 3 is 2.24 bits per heavy atom. The lowest BCUT2D eigenvalue weighted by molar-refractivity contribution is -0.120. The number of sulfone groups is 1. The molecule has 0 aliphatic carbocycles. The Hall–Kier alpha value is -2.59. The number of imide groups is 1. The van der Waals surface area contributed by atoms with Crippen LogP contribution in [0, 0.1) is 0 Å². The van der Waals surface area contributed by atoms with Gasteiger partial charge in [0.1, 0.15) is 15.9 Å². The lowest BCUT2D eigenvalue weighted by Crippen LogP contribution is -2.48. The molecule has 0 fully saturated rings. The van der Waals surface area contributed by atoms with E-state index in [1.165, 1.54) is 23.5 Å². The van der Waals surface area contributed by atoms with Gasteiger partial charge < -0.3 is 5.32 Å². The van der Waals surface area contributed by atoms with Gasteiger partial charge in [0.05, 0.1) is 22.6 Å². The maximum Gasteiger partial charge on any atom is 0.262 e. The Kier molecular flexibility index (Phi) is 5.85. The van der Waals surface area contributed by atoms with Gasteiger partial charge in [-0.3, -0.25) is 19.3 Å². The molecule has 0 saturated carbocycles. The molecule has 1 aliphatic heterocycles. The van der Waals surface area contributed by atoms with Crippen LogP contribution in [0.2, 0.25) is 0 Å². The van der Waals surface area contributed by atoms with Gasteiger partial charge in [0.15, 0.2) is 5.13 Å². The molecule has 29 heavy (non-hydrogen) atoms. The van der Waals surface area contributed by atoms with Gasteiger partial charge in [-0.05, 0) is 24.5 Å². The van der Waals surface area contributed by atoms with Crippen molar-refractivity contribution in [1.29, 1.82) is 0 Å². The van der Waals surface area contributed by atoms with Gasteiger partial charge in [0.25, 0.3) is 11.8 Å². The molecule has 154 valence electrons. The number of rotatable bonds is 7. The molecule has 1 aromatic heterocycles. The second-order valence-corrected chi connectivity index (χ2v) is 10.3. The molecule has 0 saturated heterocycles. The standard InChI is InChI=1S/C19H21N3O5S2/c1-11(2)14-10-28-19(20-14)21-16(23)15(8-9-29(3,26)27)22-17(24)12-6-4-5-7-13(12)18(22)25/h4-7,10-11,15H,8-9H2,1-3H3,(H,20,21,23). The quantitative estimate of drug-likeness (QED) is 0.668. The van der Waals surface area contributed by atoms with Crippen molar-refractivity contribution in [2.45, 2.75) is 32.2 Å². The number of nitrogens with one attached hydrogen (secondary N) is 1. The summed E-state index contributed by atoms with van der Waals surface area (Å²) in [5.41, 5.74) is 1.20. The highest BCUT2D eigenvalue weighted by Gasteiger charge is 2.42. The number of thiazole rings is 1. The fourth-order valence-electron chi connectivity index (χ4n) is 2.99. The average Bonchev–Trinajstić information content (AvgIpc) is 3.20. The molecule has 1 aliphatic rings. The van der Waals surface area contributed by atoms with E-state index in [1.54, 1.807) is 12.1 Å². The number of carbonyl (C=O) groups is 3. The maximum atomic E-state index is 13.0. The molecule has 3 rings (SSSR count). The molecule has 2 aromatic rings. The van der Waals surface area contributed by atoms with Crippen LogP contribution < -0.4 is 5.32 Å². The van der Waals surface area contributed by atoms with Crippen molar-refractivity contribution in [2.75, 3.05) is 17.3 Å². The van der Waals surface area contributed by atoms with E-state index in [9.17, 15) is 22.8 Å².